The SMILES string of the molecule is Cn1c(=O)n(C2CCC(=O)NC2=O)c2ccc(NCCCCCC(=O)N3CCC(n4cc(-c5cnc6cccc(-c7cc(F)c(CN8CCOCC8)c(F)c7)c6n5)cn4)CC3)cc21. The fourth-order valence-electron chi connectivity index (χ4n) is 9.02. The summed E-state index contributed by atoms with van der Waals surface area (Å²) in [7, 11) is 1.67. The summed E-state index contributed by atoms with van der Waals surface area (Å²) in [6.07, 6.45) is 10.4. The number of aromatic nitrogens is 6. The van der Waals surface area contributed by atoms with Gasteiger partial charge in [-0.25, -0.2) is 18.6 Å². The molecule has 17 heteroatoms. The number of nitrogens with one attached hydrogen (secondary N) is 2. The molecule has 0 saturated carbocycles. The van der Waals surface area contributed by atoms with Gasteiger partial charge >= 0.3 is 5.69 Å². The Morgan fingerprint density at radius 1 is 0.905 bits per heavy atom. The van der Waals surface area contributed by atoms with E-state index in [2.05, 4.69) is 20.7 Å². The van der Waals surface area contributed by atoms with Crippen LogP contribution in [0.15, 0.2) is 71.9 Å². The van der Waals surface area contributed by atoms with E-state index in [1.807, 2.05) is 51.0 Å². The number of imide groups is 1. The average molecular weight is 861 g/mol. The van der Waals surface area contributed by atoms with E-state index in [1.54, 1.807) is 25.5 Å². The first-order valence-corrected chi connectivity index (χ1v) is 21.8. The second kappa shape index (κ2) is 18.2. The highest BCUT2D eigenvalue weighted by molar-refractivity contribution is 6.00. The number of rotatable bonds is 13. The molecule has 6 aromatic rings. The van der Waals surface area contributed by atoms with Crippen molar-refractivity contribution in [2.75, 3.05) is 51.3 Å². The topological polar surface area (TPSA) is 162 Å². The summed E-state index contributed by atoms with van der Waals surface area (Å²) in [4.78, 5) is 63.9. The van der Waals surface area contributed by atoms with Crippen molar-refractivity contribution >= 4 is 45.5 Å². The second-order valence-corrected chi connectivity index (χ2v) is 16.7. The minimum Gasteiger partial charge on any atom is -0.385 e. The molecule has 3 aromatic carbocycles. The first kappa shape index (κ1) is 42.0. The van der Waals surface area contributed by atoms with Crippen molar-refractivity contribution in [3.63, 3.8) is 0 Å². The van der Waals surface area contributed by atoms with E-state index in [4.69, 9.17) is 9.72 Å². The van der Waals surface area contributed by atoms with Crippen molar-refractivity contribution in [3.8, 4) is 22.4 Å². The molecule has 0 radical (unpaired) electrons. The first-order chi connectivity index (χ1) is 30.6. The Hall–Kier alpha value is -6.33. The van der Waals surface area contributed by atoms with Gasteiger partial charge in [-0.3, -0.25) is 43.4 Å². The second-order valence-electron chi connectivity index (χ2n) is 16.7. The molecule has 6 heterocycles. The van der Waals surface area contributed by atoms with Crippen molar-refractivity contribution in [3.05, 3.63) is 94.8 Å². The summed E-state index contributed by atoms with van der Waals surface area (Å²) >= 11 is 0. The van der Waals surface area contributed by atoms with Crippen molar-refractivity contribution in [1.29, 1.82) is 0 Å². The minimum absolute atomic E-state index is 0.0447. The van der Waals surface area contributed by atoms with Crippen LogP contribution >= 0.6 is 0 Å². The van der Waals surface area contributed by atoms with Gasteiger partial charge in [0, 0.05) is 87.7 Å². The third-order valence-electron chi connectivity index (χ3n) is 12.6. The highest BCUT2D eigenvalue weighted by atomic mass is 19.1. The molecule has 3 aliphatic rings. The van der Waals surface area contributed by atoms with Crippen molar-refractivity contribution in [2.45, 2.75) is 70.0 Å². The summed E-state index contributed by atoms with van der Waals surface area (Å²) in [6.45, 7) is 4.53. The van der Waals surface area contributed by atoms with Gasteiger partial charge in [0.25, 0.3) is 0 Å². The predicted molar refractivity (Wildman–Crippen MR) is 233 cm³/mol. The number of hydrogen-bond acceptors (Lipinski definition) is 10. The maximum Gasteiger partial charge on any atom is 0.329 e. The quantitative estimate of drug-likeness (QED) is 0.108. The molecule has 328 valence electrons. The van der Waals surface area contributed by atoms with Crippen LogP contribution in [0.4, 0.5) is 14.5 Å². The molecule has 63 heavy (non-hydrogen) atoms. The Labute approximate surface area is 362 Å². The predicted octanol–water partition coefficient (Wildman–Crippen LogP) is 5.74. The van der Waals surface area contributed by atoms with Gasteiger partial charge in [0.15, 0.2) is 0 Å². The number of amides is 3. The van der Waals surface area contributed by atoms with E-state index in [9.17, 15) is 19.2 Å². The van der Waals surface area contributed by atoms with Crippen LogP contribution in [0.25, 0.3) is 44.5 Å². The molecule has 0 aliphatic carbocycles. The van der Waals surface area contributed by atoms with Gasteiger partial charge in [-0.1, -0.05) is 18.6 Å². The molecule has 3 amide bonds. The first-order valence-electron chi connectivity index (χ1n) is 21.8. The number of anilines is 1. The number of hydrogen-bond donors (Lipinski definition) is 2. The number of piperidine rings is 2. The molecular weight excluding hydrogens is 811 g/mol. The zero-order valence-corrected chi connectivity index (χ0v) is 35.2. The monoisotopic (exact) mass is 860 g/mol. The van der Waals surface area contributed by atoms with Gasteiger partial charge in [-0.05, 0) is 74.1 Å². The third kappa shape index (κ3) is 8.84. The Morgan fingerprint density at radius 2 is 1.70 bits per heavy atom. The number of benzene rings is 3. The van der Waals surface area contributed by atoms with Crippen molar-refractivity contribution < 1.29 is 27.9 Å². The van der Waals surface area contributed by atoms with Gasteiger partial charge in [0.2, 0.25) is 17.7 Å². The van der Waals surface area contributed by atoms with E-state index in [0.717, 1.165) is 43.4 Å². The number of para-hydroxylation sites is 1. The Bertz CT molecular complexity index is 2730. The Balaban J connectivity index is 0.749. The molecule has 9 rings (SSSR count). The fraction of sp³-hybridized carbons (Fsp3) is 0.413. The number of imidazole rings is 1. The maximum atomic E-state index is 15.4. The number of fused-ring (bicyclic) bond motifs is 2. The largest absolute Gasteiger partial charge is 0.385 e. The van der Waals surface area contributed by atoms with E-state index in [1.165, 1.54) is 21.3 Å². The maximum absolute atomic E-state index is 15.4. The molecule has 0 bridgehead atoms. The van der Waals surface area contributed by atoms with Crippen LogP contribution in [0.3, 0.4) is 0 Å². The number of halogens is 2. The van der Waals surface area contributed by atoms with Crippen molar-refractivity contribution in [2.24, 2.45) is 7.05 Å². The molecule has 3 aliphatic heterocycles. The third-order valence-corrected chi connectivity index (χ3v) is 12.6. The zero-order valence-electron chi connectivity index (χ0n) is 35.2. The van der Waals surface area contributed by atoms with E-state index in [-0.39, 0.29) is 48.5 Å². The molecule has 0 spiro atoms. The van der Waals surface area contributed by atoms with E-state index < -0.39 is 23.6 Å². The van der Waals surface area contributed by atoms with Crippen LogP contribution in [-0.2, 0) is 32.7 Å². The van der Waals surface area contributed by atoms with Crippen LogP contribution in [0.5, 0.6) is 0 Å². The Kier molecular flexibility index (Phi) is 12.1. The summed E-state index contributed by atoms with van der Waals surface area (Å²) in [5.41, 5.74) is 5.45. The lowest BCUT2D eigenvalue weighted by atomic mass is 10.0. The number of morpholine rings is 1. The number of carbonyl (C=O) groups excluding carboxylic acids is 3. The Morgan fingerprint density at radius 3 is 2.48 bits per heavy atom. The van der Waals surface area contributed by atoms with Crippen LogP contribution in [0, 0.1) is 11.6 Å². The fourth-order valence-corrected chi connectivity index (χ4v) is 9.02. The van der Waals surface area contributed by atoms with Gasteiger partial charge in [-0.2, -0.15) is 5.10 Å². The number of likely N-dealkylation sites (tertiary alicyclic amines) is 1. The van der Waals surface area contributed by atoms with Crippen LogP contribution < -0.4 is 16.3 Å². The highest BCUT2D eigenvalue weighted by Gasteiger charge is 2.31. The summed E-state index contributed by atoms with van der Waals surface area (Å²) in [5.74, 6) is -1.82. The number of carbonyl (C=O) groups is 3. The molecule has 3 fully saturated rings. The molecule has 1 unspecified atom stereocenters. The standard InChI is InChI=1S/C46H50F2N10O5/c1-54-41-24-31(9-10-39(41)58(46(54)62)40-11-12-42(59)53-45(40)61)49-15-4-2-3-8-43(60)56-16-13-32(14-17-56)57-27-30(25-51-57)38-26-50-37-7-5-6-33(44(37)52-38)29-22-35(47)34(36(48)23-29)28-55-18-20-63-21-19-55/h5-7,9-10,22-27,32,40,49H,2-4,8,11-21,28H2,1H3,(H,53,59,61). The normalized spacial score (nSPS) is 17.8. The molecule has 3 aromatic heterocycles. The summed E-state index contributed by atoms with van der Waals surface area (Å²) in [5, 5.41) is 10.4. The number of nitrogens with zero attached hydrogens (tertiary/aromatic N) is 8. The highest BCUT2D eigenvalue weighted by Crippen LogP contribution is 2.32. The van der Waals surface area contributed by atoms with Gasteiger partial charge in [-0.15, -0.1) is 0 Å². The molecule has 1 atom stereocenters. The van der Waals surface area contributed by atoms with Crippen LogP contribution in [-0.4, -0.2) is 102 Å². The molecule has 15 nitrogen and oxygen atoms in total. The molecular formula is C46H50F2N10O5. The lowest BCUT2D eigenvalue weighted by Gasteiger charge is -2.32. The van der Waals surface area contributed by atoms with Gasteiger partial charge in [0.05, 0.1) is 59.4 Å². The summed E-state index contributed by atoms with van der Waals surface area (Å²) < 4.78 is 41.1. The van der Waals surface area contributed by atoms with Crippen molar-refractivity contribution in [1.82, 2.24) is 44.0 Å². The van der Waals surface area contributed by atoms with Crippen LogP contribution in [0.1, 0.15) is 69.0 Å². The summed E-state index contributed by atoms with van der Waals surface area (Å²) in [6, 6.07) is 13.2. The minimum atomic E-state index is -0.724. The number of unbranched alkanes of at least 4 members (excludes halogenated alkanes) is 2. The number of ether oxygens (including phenoxy) is 1. The van der Waals surface area contributed by atoms with E-state index in [0.29, 0.717) is 91.2 Å². The molecule has 3 saturated heterocycles. The van der Waals surface area contributed by atoms with Crippen LogP contribution in [0.2, 0.25) is 0 Å². The zero-order chi connectivity index (χ0) is 43.6. The van der Waals surface area contributed by atoms with Gasteiger partial charge in [0.1, 0.15) is 17.7 Å². The van der Waals surface area contributed by atoms with Gasteiger partial charge < -0.3 is 15.0 Å². The lowest BCUT2D eigenvalue weighted by Crippen LogP contribution is -2.44. The lowest BCUT2D eigenvalue weighted by molar-refractivity contribution is -0.136. The van der Waals surface area contributed by atoms with E-state index >= 15 is 8.78 Å². The molecule has 2 N–H and O–H groups in total. The average Bonchev–Trinajstić information content (AvgIpc) is 3.88. The number of aryl methyl sites for hydroxylation is 1. The smallest absolute Gasteiger partial charge is 0.329 e.